The van der Waals surface area contributed by atoms with E-state index in [1.54, 1.807) is 6.07 Å². The van der Waals surface area contributed by atoms with Crippen molar-refractivity contribution in [3.63, 3.8) is 0 Å². The molecule has 1 fully saturated rings. The second-order valence-electron chi connectivity index (χ2n) is 6.38. The number of methoxy groups -OCH3 is 2. The maximum absolute atomic E-state index is 12.9. The number of hydrogen-bond acceptors (Lipinski definition) is 5. The van der Waals surface area contributed by atoms with Crippen LogP contribution in [0.3, 0.4) is 0 Å². The first-order chi connectivity index (χ1) is 11.8. The summed E-state index contributed by atoms with van der Waals surface area (Å²) in [6, 6.07) is 4.55. The summed E-state index contributed by atoms with van der Waals surface area (Å²) in [7, 11) is -0.742. The molecule has 25 heavy (non-hydrogen) atoms. The van der Waals surface area contributed by atoms with Gasteiger partial charge in [-0.25, -0.2) is 8.42 Å². The summed E-state index contributed by atoms with van der Waals surface area (Å²) in [5, 5.41) is 2.86. The van der Waals surface area contributed by atoms with Gasteiger partial charge < -0.3 is 14.8 Å². The maximum Gasteiger partial charge on any atom is 0.243 e. The van der Waals surface area contributed by atoms with E-state index in [-0.39, 0.29) is 29.3 Å². The highest BCUT2D eigenvalue weighted by Gasteiger charge is 2.33. The molecule has 1 saturated heterocycles. The first-order valence-corrected chi connectivity index (χ1v) is 9.76. The van der Waals surface area contributed by atoms with E-state index in [4.69, 9.17) is 9.47 Å². The highest BCUT2D eigenvalue weighted by Crippen LogP contribution is 2.32. The molecule has 7 nitrogen and oxygen atoms in total. The summed E-state index contributed by atoms with van der Waals surface area (Å²) >= 11 is 0. The lowest BCUT2D eigenvalue weighted by molar-refractivity contribution is -0.126. The van der Waals surface area contributed by atoms with Crippen molar-refractivity contribution in [1.82, 2.24) is 9.62 Å². The van der Waals surface area contributed by atoms with E-state index in [0.717, 1.165) is 0 Å². The predicted molar refractivity (Wildman–Crippen MR) is 94.3 cm³/mol. The lowest BCUT2D eigenvalue weighted by atomic mass is 9.98. The van der Waals surface area contributed by atoms with Crippen LogP contribution >= 0.6 is 0 Å². The fourth-order valence-corrected chi connectivity index (χ4v) is 4.44. The highest BCUT2D eigenvalue weighted by atomic mass is 32.2. The smallest absolute Gasteiger partial charge is 0.243 e. The number of rotatable bonds is 6. The second-order valence-corrected chi connectivity index (χ2v) is 8.32. The summed E-state index contributed by atoms with van der Waals surface area (Å²) in [4.78, 5) is 12.4. The van der Waals surface area contributed by atoms with Gasteiger partial charge >= 0.3 is 0 Å². The minimum Gasteiger partial charge on any atom is -0.493 e. The molecule has 0 saturated carbocycles. The number of nitrogens with one attached hydrogen (secondary N) is 1. The number of carbonyl (C=O) groups excluding carboxylic acids is 1. The summed E-state index contributed by atoms with van der Waals surface area (Å²) in [5.41, 5.74) is 0. The summed E-state index contributed by atoms with van der Waals surface area (Å²) in [5.74, 6) is 0.400. The van der Waals surface area contributed by atoms with Gasteiger partial charge in [-0.15, -0.1) is 0 Å². The molecule has 2 rings (SSSR count). The fraction of sp³-hybridized carbons (Fsp3) is 0.588. The molecule has 0 aromatic heterocycles. The standard InChI is InChI=1S/C17H26N2O5S/c1-12(2)18-17(20)13-6-5-9-19(11-13)25(21,22)14-7-8-15(23-3)16(10-14)24-4/h7-8,10,12-13H,5-6,9,11H2,1-4H3,(H,18,20). The Balaban J connectivity index is 2.22. The molecular formula is C17H26N2O5S. The van der Waals surface area contributed by atoms with Crippen molar-refractivity contribution in [3.05, 3.63) is 18.2 Å². The molecule has 0 radical (unpaired) electrons. The van der Waals surface area contributed by atoms with Gasteiger partial charge in [0.05, 0.1) is 25.0 Å². The zero-order chi connectivity index (χ0) is 18.6. The molecule has 1 amide bonds. The average molecular weight is 370 g/mol. The molecule has 1 aliphatic rings. The minimum absolute atomic E-state index is 0.0327. The number of sulfonamides is 1. The molecule has 0 bridgehead atoms. The van der Waals surface area contributed by atoms with Gasteiger partial charge in [0.25, 0.3) is 0 Å². The van der Waals surface area contributed by atoms with Crippen LogP contribution in [0.15, 0.2) is 23.1 Å². The van der Waals surface area contributed by atoms with E-state index in [1.807, 2.05) is 13.8 Å². The number of benzene rings is 1. The molecular weight excluding hydrogens is 344 g/mol. The molecule has 1 atom stereocenters. The molecule has 0 aliphatic carbocycles. The summed E-state index contributed by atoms with van der Waals surface area (Å²) in [6.45, 7) is 4.37. The van der Waals surface area contributed by atoms with Crippen molar-refractivity contribution >= 4 is 15.9 Å². The Morgan fingerprint density at radius 1 is 1.24 bits per heavy atom. The van der Waals surface area contributed by atoms with E-state index in [0.29, 0.717) is 30.9 Å². The Kier molecular flexibility index (Phi) is 6.29. The molecule has 1 aromatic rings. The van der Waals surface area contributed by atoms with Crippen molar-refractivity contribution < 1.29 is 22.7 Å². The number of carbonyl (C=O) groups is 1. The van der Waals surface area contributed by atoms with Gasteiger partial charge in [0.1, 0.15) is 0 Å². The van der Waals surface area contributed by atoms with Crippen molar-refractivity contribution in [2.45, 2.75) is 37.6 Å². The number of piperidine rings is 1. The monoisotopic (exact) mass is 370 g/mol. The number of hydrogen-bond donors (Lipinski definition) is 1. The van der Waals surface area contributed by atoms with Gasteiger partial charge in [-0.3, -0.25) is 4.79 Å². The molecule has 140 valence electrons. The number of nitrogens with zero attached hydrogens (tertiary/aromatic N) is 1. The quantitative estimate of drug-likeness (QED) is 0.823. The third-order valence-electron chi connectivity index (χ3n) is 4.18. The van der Waals surface area contributed by atoms with Crippen LogP contribution in [0.2, 0.25) is 0 Å². The Morgan fingerprint density at radius 3 is 2.52 bits per heavy atom. The third-order valence-corrected chi connectivity index (χ3v) is 6.04. The van der Waals surface area contributed by atoms with Crippen molar-refractivity contribution in [2.75, 3.05) is 27.3 Å². The van der Waals surface area contributed by atoms with Gasteiger partial charge in [-0.2, -0.15) is 4.31 Å². The van der Waals surface area contributed by atoms with Gasteiger partial charge in [-0.1, -0.05) is 0 Å². The fourth-order valence-electron chi connectivity index (χ4n) is 2.90. The third kappa shape index (κ3) is 4.43. The number of ether oxygens (including phenoxy) is 2. The van der Waals surface area contributed by atoms with Gasteiger partial charge in [-0.05, 0) is 38.8 Å². The SMILES string of the molecule is COc1ccc(S(=O)(=O)N2CCCC(C(=O)NC(C)C)C2)cc1OC. The van der Waals surface area contributed by atoms with Crippen molar-refractivity contribution in [3.8, 4) is 11.5 Å². The summed E-state index contributed by atoms with van der Waals surface area (Å²) < 4.78 is 37.6. The van der Waals surface area contributed by atoms with E-state index < -0.39 is 10.0 Å². The van der Waals surface area contributed by atoms with Crippen LogP contribution in [0.5, 0.6) is 11.5 Å². The van der Waals surface area contributed by atoms with Crippen LogP contribution in [0.25, 0.3) is 0 Å². The van der Waals surface area contributed by atoms with Crippen LogP contribution < -0.4 is 14.8 Å². The van der Waals surface area contributed by atoms with Gasteiger partial charge in [0.15, 0.2) is 11.5 Å². The minimum atomic E-state index is -3.70. The Morgan fingerprint density at radius 2 is 1.92 bits per heavy atom. The first-order valence-electron chi connectivity index (χ1n) is 8.32. The van der Waals surface area contributed by atoms with Crippen LogP contribution in [0.4, 0.5) is 0 Å². The molecule has 1 heterocycles. The molecule has 1 aliphatic heterocycles. The van der Waals surface area contributed by atoms with Crippen molar-refractivity contribution in [1.29, 1.82) is 0 Å². The van der Waals surface area contributed by atoms with Gasteiger partial charge in [0, 0.05) is 25.2 Å². The molecule has 0 spiro atoms. The first kappa shape index (κ1) is 19.5. The topological polar surface area (TPSA) is 84.9 Å². The largest absolute Gasteiger partial charge is 0.493 e. The van der Waals surface area contributed by atoms with Crippen molar-refractivity contribution in [2.24, 2.45) is 5.92 Å². The zero-order valence-electron chi connectivity index (χ0n) is 15.1. The van der Waals surface area contributed by atoms with Crippen LogP contribution in [-0.2, 0) is 14.8 Å². The van der Waals surface area contributed by atoms with Crippen LogP contribution in [-0.4, -0.2) is 52.0 Å². The van der Waals surface area contributed by atoms with E-state index >= 15 is 0 Å². The zero-order valence-corrected chi connectivity index (χ0v) is 15.9. The lowest BCUT2D eigenvalue weighted by Crippen LogP contribution is -2.46. The van der Waals surface area contributed by atoms with Gasteiger partial charge in [0.2, 0.25) is 15.9 Å². The normalized spacial score (nSPS) is 18.8. The number of amides is 1. The lowest BCUT2D eigenvalue weighted by Gasteiger charge is -2.31. The van der Waals surface area contributed by atoms with E-state index in [9.17, 15) is 13.2 Å². The molecule has 1 aromatic carbocycles. The van der Waals surface area contributed by atoms with E-state index in [2.05, 4.69) is 5.32 Å². The average Bonchev–Trinajstić information content (AvgIpc) is 2.60. The Bertz CT molecular complexity index is 718. The summed E-state index contributed by atoms with van der Waals surface area (Å²) in [6.07, 6.45) is 1.35. The van der Waals surface area contributed by atoms with Crippen LogP contribution in [0, 0.1) is 5.92 Å². The predicted octanol–water partition coefficient (Wildman–Crippen LogP) is 1.63. The molecule has 1 N–H and O–H groups in total. The maximum atomic E-state index is 12.9. The van der Waals surface area contributed by atoms with E-state index in [1.165, 1.54) is 30.7 Å². The molecule has 8 heteroatoms. The Hall–Kier alpha value is -1.80. The Labute approximate surface area is 149 Å². The second kappa shape index (κ2) is 8.05. The molecule has 1 unspecified atom stereocenters. The highest BCUT2D eigenvalue weighted by molar-refractivity contribution is 7.89. The van der Waals surface area contributed by atoms with Crippen LogP contribution in [0.1, 0.15) is 26.7 Å².